The number of carboxylic acids is 1. The van der Waals surface area contributed by atoms with Crippen molar-refractivity contribution in [1.29, 1.82) is 0 Å². The smallest absolute Gasteiger partial charge is 0.336 e. The molecule has 8 heteroatoms. The molecule has 2 amide bonds. The first kappa shape index (κ1) is 16.5. The van der Waals surface area contributed by atoms with E-state index in [9.17, 15) is 14.7 Å². The second-order valence-corrected chi connectivity index (χ2v) is 6.13. The van der Waals surface area contributed by atoms with Gasteiger partial charge in [-0.25, -0.2) is 9.59 Å². The van der Waals surface area contributed by atoms with Gasteiger partial charge in [-0.05, 0) is 24.3 Å². The summed E-state index contributed by atoms with van der Waals surface area (Å²) in [5, 5.41) is 12.8. The van der Waals surface area contributed by atoms with Crippen LogP contribution in [0, 0.1) is 0 Å². The number of nitrogens with one attached hydrogen (secondary N) is 1. The Balaban J connectivity index is 1.78. The number of anilines is 1. The quantitative estimate of drug-likeness (QED) is 0.850. The zero-order valence-corrected chi connectivity index (χ0v) is 13.9. The highest BCUT2D eigenvalue weighted by molar-refractivity contribution is 6.42. The minimum absolute atomic E-state index is 0.173. The van der Waals surface area contributed by atoms with Crippen molar-refractivity contribution in [3.05, 3.63) is 57.3 Å². The van der Waals surface area contributed by atoms with Gasteiger partial charge < -0.3 is 15.3 Å². The lowest BCUT2D eigenvalue weighted by atomic mass is 10.0. The number of pyridine rings is 1. The third-order valence-corrected chi connectivity index (χ3v) is 4.54. The molecular formula is C16H13Cl2N3O3. The summed E-state index contributed by atoms with van der Waals surface area (Å²) in [7, 11) is 0. The normalized spacial score (nSPS) is 13.3. The van der Waals surface area contributed by atoms with Crippen molar-refractivity contribution >= 4 is 40.9 Å². The van der Waals surface area contributed by atoms with Gasteiger partial charge in [0.1, 0.15) is 0 Å². The molecular weight excluding hydrogens is 353 g/mol. The number of nitrogens with zero attached hydrogens (tertiary/aromatic N) is 2. The van der Waals surface area contributed by atoms with Gasteiger partial charge in [0.15, 0.2) is 0 Å². The molecule has 3 rings (SSSR count). The zero-order valence-electron chi connectivity index (χ0n) is 12.4. The van der Waals surface area contributed by atoms with Gasteiger partial charge in [0.05, 0.1) is 22.2 Å². The van der Waals surface area contributed by atoms with Crippen molar-refractivity contribution in [2.45, 2.75) is 13.0 Å². The van der Waals surface area contributed by atoms with Crippen LogP contribution in [0.4, 0.5) is 10.5 Å². The predicted octanol–water partition coefficient (Wildman–Crippen LogP) is 3.68. The number of amides is 2. The lowest BCUT2D eigenvalue weighted by Crippen LogP contribution is -2.39. The molecule has 1 aromatic carbocycles. The van der Waals surface area contributed by atoms with E-state index in [-0.39, 0.29) is 18.1 Å². The number of aromatic carboxylic acids is 1. The second-order valence-electron chi connectivity index (χ2n) is 5.32. The number of carbonyl (C=O) groups excluding carboxylic acids is 1. The van der Waals surface area contributed by atoms with Crippen LogP contribution in [-0.2, 0) is 13.0 Å². The molecule has 0 spiro atoms. The van der Waals surface area contributed by atoms with Crippen LogP contribution in [0.5, 0.6) is 0 Å². The maximum Gasteiger partial charge on any atom is 0.336 e. The molecule has 6 nitrogen and oxygen atoms in total. The van der Waals surface area contributed by atoms with E-state index in [2.05, 4.69) is 10.3 Å². The first-order chi connectivity index (χ1) is 11.5. The third kappa shape index (κ3) is 3.29. The minimum Gasteiger partial charge on any atom is -0.478 e. The number of benzene rings is 1. The Hall–Kier alpha value is -2.31. The van der Waals surface area contributed by atoms with Crippen molar-refractivity contribution in [3.8, 4) is 0 Å². The average molecular weight is 366 g/mol. The zero-order chi connectivity index (χ0) is 17.3. The number of rotatable bonds is 2. The molecule has 0 bridgehead atoms. The molecule has 0 saturated heterocycles. The van der Waals surface area contributed by atoms with Crippen molar-refractivity contribution in [1.82, 2.24) is 9.88 Å². The minimum atomic E-state index is -1.03. The number of aromatic nitrogens is 1. The molecule has 0 atom stereocenters. The van der Waals surface area contributed by atoms with Gasteiger partial charge in [0, 0.05) is 36.1 Å². The lowest BCUT2D eigenvalue weighted by Gasteiger charge is -2.29. The van der Waals surface area contributed by atoms with E-state index in [0.29, 0.717) is 40.0 Å². The monoisotopic (exact) mass is 365 g/mol. The van der Waals surface area contributed by atoms with Gasteiger partial charge in [0.2, 0.25) is 0 Å². The molecule has 124 valence electrons. The highest BCUT2D eigenvalue weighted by atomic mass is 35.5. The molecule has 0 radical (unpaired) electrons. The fourth-order valence-corrected chi connectivity index (χ4v) is 2.89. The maximum absolute atomic E-state index is 12.4. The molecule has 1 aliphatic rings. The van der Waals surface area contributed by atoms with Crippen molar-refractivity contribution < 1.29 is 14.7 Å². The van der Waals surface area contributed by atoms with E-state index >= 15 is 0 Å². The Morgan fingerprint density at radius 2 is 2.00 bits per heavy atom. The highest BCUT2D eigenvalue weighted by Gasteiger charge is 2.25. The number of halogens is 2. The van der Waals surface area contributed by atoms with Gasteiger partial charge in [-0.3, -0.25) is 4.98 Å². The number of carboxylic acid groups (broad SMARTS) is 1. The van der Waals surface area contributed by atoms with E-state index in [4.69, 9.17) is 23.2 Å². The number of hydrogen-bond donors (Lipinski definition) is 2. The predicted molar refractivity (Wildman–Crippen MR) is 90.8 cm³/mol. The van der Waals surface area contributed by atoms with Crippen LogP contribution in [-0.4, -0.2) is 33.5 Å². The summed E-state index contributed by atoms with van der Waals surface area (Å²) in [5.74, 6) is -1.03. The van der Waals surface area contributed by atoms with Crippen LogP contribution in [0.25, 0.3) is 0 Å². The number of carbonyl (C=O) groups is 2. The van der Waals surface area contributed by atoms with Crippen molar-refractivity contribution in [2.24, 2.45) is 0 Å². The Morgan fingerprint density at radius 3 is 2.71 bits per heavy atom. The third-order valence-electron chi connectivity index (χ3n) is 3.80. The largest absolute Gasteiger partial charge is 0.478 e. The van der Waals surface area contributed by atoms with Gasteiger partial charge in [-0.1, -0.05) is 23.2 Å². The number of urea groups is 1. The Bertz CT molecular complexity index is 826. The highest BCUT2D eigenvalue weighted by Crippen LogP contribution is 2.26. The second kappa shape index (κ2) is 6.67. The van der Waals surface area contributed by atoms with Crippen LogP contribution in [0.2, 0.25) is 10.0 Å². The molecule has 1 aliphatic heterocycles. The Morgan fingerprint density at radius 1 is 1.21 bits per heavy atom. The maximum atomic E-state index is 12.4. The molecule has 1 aromatic heterocycles. The van der Waals surface area contributed by atoms with Crippen LogP contribution >= 0.6 is 23.2 Å². The topological polar surface area (TPSA) is 82.5 Å². The van der Waals surface area contributed by atoms with E-state index in [1.165, 1.54) is 12.3 Å². The summed E-state index contributed by atoms with van der Waals surface area (Å²) >= 11 is 11.8. The van der Waals surface area contributed by atoms with E-state index in [1.807, 2.05) is 0 Å². The van der Waals surface area contributed by atoms with Gasteiger partial charge in [-0.2, -0.15) is 0 Å². The van der Waals surface area contributed by atoms with Crippen LogP contribution in [0.3, 0.4) is 0 Å². The summed E-state index contributed by atoms with van der Waals surface area (Å²) in [6.07, 6.45) is 1.99. The first-order valence-electron chi connectivity index (χ1n) is 7.16. The summed E-state index contributed by atoms with van der Waals surface area (Å²) in [6, 6.07) is 5.91. The van der Waals surface area contributed by atoms with E-state index in [0.717, 1.165) is 0 Å². The SMILES string of the molecule is O=C(O)c1ccnc2c1CN(C(=O)Nc1ccc(Cl)c(Cl)c1)CC2. The number of hydrogen-bond acceptors (Lipinski definition) is 3. The van der Waals surface area contributed by atoms with Gasteiger partial charge in [-0.15, -0.1) is 0 Å². The van der Waals surface area contributed by atoms with Crippen LogP contribution in [0.15, 0.2) is 30.5 Å². The van der Waals surface area contributed by atoms with Crippen LogP contribution < -0.4 is 5.32 Å². The molecule has 2 N–H and O–H groups in total. The van der Waals surface area contributed by atoms with Gasteiger partial charge >= 0.3 is 12.0 Å². The van der Waals surface area contributed by atoms with Gasteiger partial charge in [0.25, 0.3) is 0 Å². The summed E-state index contributed by atoms with van der Waals surface area (Å²) in [5.41, 5.74) is 1.98. The van der Waals surface area contributed by atoms with Crippen molar-refractivity contribution in [3.63, 3.8) is 0 Å². The molecule has 0 aliphatic carbocycles. The lowest BCUT2D eigenvalue weighted by molar-refractivity contribution is 0.0693. The first-order valence-corrected chi connectivity index (χ1v) is 7.92. The summed E-state index contributed by atoms with van der Waals surface area (Å²) < 4.78 is 0. The van der Waals surface area contributed by atoms with E-state index in [1.54, 1.807) is 23.1 Å². The Labute approximate surface area is 148 Å². The van der Waals surface area contributed by atoms with Crippen LogP contribution in [0.1, 0.15) is 21.6 Å². The summed E-state index contributed by atoms with van der Waals surface area (Å²) in [6.45, 7) is 0.647. The molecule has 0 unspecified atom stereocenters. The fourth-order valence-electron chi connectivity index (χ4n) is 2.59. The average Bonchev–Trinajstić information content (AvgIpc) is 2.57. The Kier molecular flexibility index (Phi) is 4.59. The molecule has 2 heterocycles. The van der Waals surface area contributed by atoms with Crippen molar-refractivity contribution in [2.75, 3.05) is 11.9 Å². The van der Waals surface area contributed by atoms with E-state index < -0.39 is 5.97 Å². The molecule has 24 heavy (non-hydrogen) atoms. The molecule has 0 saturated carbocycles. The fraction of sp³-hybridized carbons (Fsp3) is 0.188. The molecule has 0 fully saturated rings. The number of fused-ring (bicyclic) bond motifs is 1. The standard InChI is InChI=1S/C16H13Cl2N3O3/c17-12-2-1-9(7-13(12)18)20-16(24)21-6-4-14-11(8-21)10(15(22)23)3-5-19-14/h1-3,5,7H,4,6,8H2,(H,20,24)(H,22,23). The molecule has 2 aromatic rings. The summed E-state index contributed by atoms with van der Waals surface area (Å²) in [4.78, 5) is 29.5.